The predicted molar refractivity (Wildman–Crippen MR) is 128 cm³/mol. The number of anilines is 1. The number of ether oxygens (including phenoxy) is 1. The van der Waals surface area contributed by atoms with Crippen LogP contribution in [-0.4, -0.2) is 36.1 Å². The molecule has 2 heterocycles. The molecule has 0 aliphatic carbocycles. The monoisotopic (exact) mass is 560 g/mol. The summed E-state index contributed by atoms with van der Waals surface area (Å²) in [5.74, 6) is -7.33. The number of carbonyl (C=O) groups excluding carboxylic acids is 3. The first-order valence-corrected chi connectivity index (χ1v) is 12.0. The summed E-state index contributed by atoms with van der Waals surface area (Å²) in [6.45, 7) is 5.60. The van der Waals surface area contributed by atoms with Crippen molar-refractivity contribution < 1.29 is 36.7 Å². The summed E-state index contributed by atoms with van der Waals surface area (Å²) in [5.41, 5.74) is -1.67. The van der Waals surface area contributed by atoms with Crippen LogP contribution in [-0.2, 0) is 24.5 Å². The zero-order valence-electron chi connectivity index (χ0n) is 19.8. The number of carbonyl (C=O) groups is 3. The molecule has 0 radical (unpaired) electrons. The van der Waals surface area contributed by atoms with Crippen molar-refractivity contribution in [2.24, 2.45) is 5.41 Å². The van der Waals surface area contributed by atoms with E-state index in [2.05, 4.69) is 15.4 Å². The highest BCUT2D eigenvalue weighted by Gasteiger charge is 2.67. The maximum absolute atomic E-state index is 15.5. The Morgan fingerprint density at radius 1 is 1.11 bits per heavy atom. The quantitative estimate of drug-likeness (QED) is 0.293. The Morgan fingerprint density at radius 3 is 2.41 bits per heavy atom. The highest BCUT2D eigenvalue weighted by Crippen LogP contribution is 2.57. The molecule has 1 amide bonds. The minimum atomic E-state index is -5.44. The average Bonchev–Trinajstić information content (AvgIpc) is 3.23. The number of rotatable bonds is 3. The van der Waals surface area contributed by atoms with Crippen LogP contribution in [0, 0.1) is 11.2 Å². The lowest BCUT2D eigenvalue weighted by atomic mass is 9.62. The summed E-state index contributed by atoms with van der Waals surface area (Å²) in [5, 5.41) is 5.63. The van der Waals surface area contributed by atoms with E-state index in [0.29, 0.717) is 16.3 Å². The zero-order chi connectivity index (χ0) is 27.5. The fraction of sp³-hybridized carbons (Fsp3) is 0.400. The first-order chi connectivity index (χ1) is 17.1. The van der Waals surface area contributed by atoms with Crippen molar-refractivity contribution in [2.45, 2.75) is 56.8 Å². The van der Waals surface area contributed by atoms with Crippen molar-refractivity contribution >= 4 is 46.7 Å². The van der Waals surface area contributed by atoms with E-state index in [0.717, 1.165) is 0 Å². The van der Waals surface area contributed by atoms with E-state index < -0.39 is 58.7 Å². The fourth-order valence-electron chi connectivity index (χ4n) is 5.34. The molecule has 2 aliphatic rings. The van der Waals surface area contributed by atoms with Gasteiger partial charge in [-0.15, -0.1) is 0 Å². The zero-order valence-corrected chi connectivity index (χ0v) is 21.3. The van der Waals surface area contributed by atoms with Gasteiger partial charge < -0.3 is 10.1 Å². The van der Waals surface area contributed by atoms with Gasteiger partial charge in [-0.1, -0.05) is 62.2 Å². The molecule has 37 heavy (non-hydrogen) atoms. The van der Waals surface area contributed by atoms with Gasteiger partial charge in [0.05, 0.1) is 5.02 Å². The van der Waals surface area contributed by atoms with Gasteiger partial charge in [0.15, 0.2) is 0 Å². The van der Waals surface area contributed by atoms with Crippen molar-refractivity contribution in [3.8, 4) is 0 Å². The molecule has 0 saturated carbocycles. The standard InChI is InChI=1S/C25H22Cl2F4N2O4/c1-23(2,3)10-16-24(13-8-7-11(26)9-15(13)32-21(24)35)17(12-5-4-6-14(27)18(12)28)19(33-16)20(34)37-22(36)25(29,30)31/h4-9,16-17,19,33H,10H2,1-3H3,(H,32,35)/t16-,17+,19-,24?/m1/s1. The highest BCUT2D eigenvalue weighted by atomic mass is 35.5. The predicted octanol–water partition coefficient (Wildman–Crippen LogP) is 5.51. The van der Waals surface area contributed by atoms with Gasteiger partial charge in [0.2, 0.25) is 5.91 Å². The first-order valence-electron chi connectivity index (χ1n) is 11.2. The molecule has 1 spiro atoms. The number of hydrogen-bond donors (Lipinski definition) is 2. The van der Waals surface area contributed by atoms with E-state index in [1.165, 1.54) is 30.3 Å². The summed E-state index contributed by atoms with van der Waals surface area (Å²) in [6, 6.07) is 5.90. The van der Waals surface area contributed by atoms with Crippen LogP contribution in [0.1, 0.15) is 44.2 Å². The molecule has 2 aromatic rings. The Kier molecular flexibility index (Phi) is 6.84. The van der Waals surface area contributed by atoms with Crippen LogP contribution in [0.15, 0.2) is 36.4 Å². The van der Waals surface area contributed by atoms with Gasteiger partial charge in [0.1, 0.15) is 17.3 Å². The highest BCUT2D eigenvalue weighted by molar-refractivity contribution is 6.31. The summed E-state index contributed by atoms with van der Waals surface area (Å²) >= 11 is 12.2. The molecular weight excluding hydrogens is 539 g/mol. The van der Waals surface area contributed by atoms with E-state index in [1.807, 2.05) is 20.8 Å². The summed E-state index contributed by atoms with van der Waals surface area (Å²) in [4.78, 5) is 38.5. The van der Waals surface area contributed by atoms with E-state index >= 15 is 4.39 Å². The number of benzene rings is 2. The maximum atomic E-state index is 15.5. The van der Waals surface area contributed by atoms with E-state index in [9.17, 15) is 27.6 Å². The van der Waals surface area contributed by atoms with Crippen LogP contribution in [0.3, 0.4) is 0 Å². The van der Waals surface area contributed by atoms with Crippen LogP contribution >= 0.6 is 23.2 Å². The van der Waals surface area contributed by atoms with E-state index in [-0.39, 0.29) is 17.0 Å². The topological polar surface area (TPSA) is 84.5 Å². The van der Waals surface area contributed by atoms with Crippen LogP contribution in [0.25, 0.3) is 0 Å². The number of alkyl halides is 3. The van der Waals surface area contributed by atoms with Crippen LogP contribution < -0.4 is 10.6 Å². The molecule has 1 fully saturated rings. The van der Waals surface area contributed by atoms with Gasteiger partial charge in [-0.2, -0.15) is 13.2 Å². The van der Waals surface area contributed by atoms with Crippen molar-refractivity contribution in [1.82, 2.24) is 5.32 Å². The molecule has 2 aliphatic heterocycles. The lowest BCUT2D eigenvalue weighted by molar-refractivity contribution is -0.202. The van der Waals surface area contributed by atoms with Crippen LogP contribution in [0.2, 0.25) is 10.0 Å². The lowest BCUT2D eigenvalue weighted by Crippen LogP contribution is -2.49. The molecule has 1 saturated heterocycles. The summed E-state index contributed by atoms with van der Waals surface area (Å²) < 4.78 is 58.4. The van der Waals surface area contributed by atoms with E-state index in [1.54, 1.807) is 6.07 Å². The molecule has 0 aromatic heterocycles. The molecule has 6 nitrogen and oxygen atoms in total. The molecule has 4 atom stereocenters. The Hall–Kier alpha value is -2.69. The van der Waals surface area contributed by atoms with Crippen molar-refractivity contribution in [2.75, 3.05) is 5.32 Å². The minimum absolute atomic E-state index is 0.198. The molecule has 0 bridgehead atoms. The molecule has 2 N–H and O–H groups in total. The van der Waals surface area contributed by atoms with E-state index in [4.69, 9.17) is 23.2 Å². The lowest BCUT2D eigenvalue weighted by Gasteiger charge is -2.37. The van der Waals surface area contributed by atoms with Crippen molar-refractivity contribution in [3.63, 3.8) is 0 Å². The van der Waals surface area contributed by atoms with Gasteiger partial charge in [-0.3, -0.25) is 10.1 Å². The van der Waals surface area contributed by atoms with Crippen LogP contribution in [0.4, 0.5) is 23.2 Å². The second-order valence-electron chi connectivity index (χ2n) is 10.3. The summed E-state index contributed by atoms with van der Waals surface area (Å²) in [6.07, 6.45) is -5.21. The van der Waals surface area contributed by atoms with Gasteiger partial charge in [0.25, 0.3) is 0 Å². The maximum Gasteiger partial charge on any atom is 0.491 e. The second kappa shape index (κ2) is 9.25. The smallest absolute Gasteiger partial charge is 0.385 e. The van der Waals surface area contributed by atoms with Gasteiger partial charge in [-0.05, 0) is 41.2 Å². The Balaban J connectivity index is 1.98. The molecule has 12 heteroatoms. The third kappa shape index (κ3) is 4.70. The average molecular weight is 561 g/mol. The second-order valence-corrected chi connectivity index (χ2v) is 11.1. The fourth-order valence-corrected chi connectivity index (χ4v) is 5.70. The number of amides is 1. The molecule has 4 rings (SSSR count). The third-order valence-electron chi connectivity index (χ3n) is 6.62. The van der Waals surface area contributed by atoms with Crippen molar-refractivity contribution in [1.29, 1.82) is 0 Å². The van der Waals surface area contributed by atoms with Crippen LogP contribution in [0.5, 0.6) is 0 Å². The normalized spacial score (nSPS) is 25.2. The number of halogens is 6. The van der Waals surface area contributed by atoms with Gasteiger partial charge in [0, 0.05) is 22.7 Å². The third-order valence-corrected chi connectivity index (χ3v) is 7.14. The molecule has 1 unspecified atom stereocenters. The Bertz CT molecular complexity index is 1290. The Morgan fingerprint density at radius 2 is 1.78 bits per heavy atom. The first kappa shape index (κ1) is 27.3. The Labute approximate surface area is 219 Å². The number of hydrogen-bond acceptors (Lipinski definition) is 5. The largest absolute Gasteiger partial charge is 0.491 e. The molecular formula is C25H22Cl2F4N2O4. The number of esters is 2. The molecule has 198 valence electrons. The summed E-state index contributed by atoms with van der Waals surface area (Å²) in [7, 11) is 0. The minimum Gasteiger partial charge on any atom is -0.385 e. The number of nitrogens with one attached hydrogen (secondary N) is 2. The van der Waals surface area contributed by atoms with Gasteiger partial charge >= 0.3 is 18.1 Å². The SMILES string of the molecule is CC(C)(C)C[C@H]1N[C@@H](C(=O)OC(=O)C(F)(F)F)[C@H](c2cccc(Cl)c2F)C12C(=O)Nc1cc(Cl)ccc12. The van der Waals surface area contributed by atoms with Gasteiger partial charge in [-0.25, -0.2) is 14.0 Å². The van der Waals surface area contributed by atoms with Crippen molar-refractivity contribution in [3.05, 3.63) is 63.4 Å². The number of fused-ring (bicyclic) bond motifs is 2. The molecule has 2 aromatic carbocycles.